The smallest absolute Gasteiger partial charge is 0.261 e. The first-order valence-electron chi connectivity index (χ1n) is 6.50. The van der Waals surface area contributed by atoms with Crippen molar-refractivity contribution in [3.8, 4) is 6.07 Å². The molecule has 3 rings (SSSR count). The summed E-state index contributed by atoms with van der Waals surface area (Å²) in [5.74, 6) is -0.387. The molecule has 0 spiro atoms. The van der Waals surface area contributed by atoms with Crippen molar-refractivity contribution in [2.45, 2.75) is 6.54 Å². The molecule has 0 atom stereocenters. The summed E-state index contributed by atoms with van der Waals surface area (Å²) < 4.78 is 2.01. The molecule has 6 nitrogen and oxygen atoms in total. The summed E-state index contributed by atoms with van der Waals surface area (Å²) in [5.41, 5.74) is 0.675. The predicted octanol–water partition coefficient (Wildman–Crippen LogP) is 2.73. The molecule has 0 saturated heterocycles. The molecule has 1 amide bonds. The van der Waals surface area contributed by atoms with Gasteiger partial charge in [-0.05, 0) is 29.6 Å². The van der Waals surface area contributed by atoms with Crippen molar-refractivity contribution in [2.75, 3.05) is 5.32 Å². The van der Waals surface area contributed by atoms with E-state index < -0.39 is 0 Å². The average Bonchev–Trinajstić information content (AvgIpc) is 2.97. The molecule has 2 heterocycles. The van der Waals surface area contributed by atoms with Crippen LogP contribution in [0.15, 0.2) is 45.2 Å². The Morgan fingerprint density at radius 2 is 2.26 bits per heavy atom. The van der Waals surface area contributed by atoms with Gasteiger partial charge in [0.05, 0.1) is 22.8 Å². The zero-order valence-corrected chi connectivity index (χ0v) is 14.0. The first-order valence-corrected chi connectivity index (χ1v) is 8.18. The Bertz CT molecular complexity index is 1000. The van der Waals surface area contributed by atoms with Crippen molar-refractivity contribution < 1.29 is 4.79 Å². The van der Waals surface area contributed by atoms with Crippen molar-refractivity contribution >= 4 is 49.1 Å². The summed E-state index contributed by atoms with van der Waals surface area (Å²) in [7, 11) is 0. The van der Waals surface area contributed by atoms with Crippen molar-refractivity contribution in [2.24, 2.45) is 0 Å². The lowest BCUT2D eigenvalue weighted by molar-refractivity contribution is -0.116. The number of thiophene rings is 1. The number of anilines is 1. The zero-order chi connectivity index (χ0) is 16.4. The minimum Gasteiger partial charge on any atom is -0.315 e. The first kappa shape index (κ1) is 15.4. The second kappa shape index (κ2) is 6.32. The number of amides is 1. The van der Waals surface area contributed by atoms with Crippen molar-refractivity contribution in [1.29, 1.82) is 5.26 Å². The lowest BCUT2D eigenvalue weighted by Crippen LogP contribution is -2.27. The Kier molecular flexibility index (Phi) is 4.23. The molecule has 0 radical (unpaired) electrons. The summed E-state index contributed by atoms with van der Waals surface area (Å²) in [6.45, 7) is -0.170. The van der Waals surface area contributed by atoms with Crippen LogP contribution in [0.5, 0.6) is 0 Å². The van der Waals surface area contributed by atoms with Gasteiger partial charge in [-0.1, -0.05) is 15.9 Å². The summed E-state index contributed by atoms with van der Waals surface area (Å²) >= 11 is 4.57. The van der Waals surface area contributed by atoms with Crippen LogP contribution in [-0.2, 0) is 11.3 Å². The molecule has 0 unspecified atom stereocenters. The highest BCUT2D eigenvalue weighted by Gasteiger charge is 2.11. The molecule has 0 fully saturated rings. The van der Waals surface area contributed by atoms with Gasteiger partial charge in [0.1, 0.15) is 17.6 Å². The Morgan fingerprint density at radius 3 is 3.04 bits per heavy atom. The van der Waals surface area contributed by atoms with Gasteiger partial charge < -0.3 is 5.32 Å². The predicted molar refractivity (Wildman–Crippen MR) is 91.4 cm³/mol. The van der Waals surface area contributed by atoms with Gasteiger partial charge in [-0.2, -0.15) is 5.26 Å². The minimum atomic E-state index is -0.387. The van der Waals surface area contributed by atoms with E-state index in [4.69, 9.17) is 5.26 Å². The molecular weight excluding hydrogens is 380 g/mol. The third-order valence-corrected chi connectivity index (χ3v) is 4.46. The molecule has 0 bridgehead atoms. The molecule has 23 heavy (non-hydrogen) atoms. The van der Waals surface area contributed by atoms with Crippen LogP contribution in [0.25, 0.3) is 10.9 Å². The number of carbonyl (C=O) groups excluding carboxylic acids is 1. The first-order chi connectivity index (χ1) is 11.1. The number of hydrogen-bond donors (Lipinski definition) is 1. The normalized spacial score (nSPS) is 10.4. The van der Waals surface area contributed by atoms with Gasteiger partial charge in [-0.15, -0.1) is 11.3 Å². The third-order valence-electron chi connectivity index (χ3n) is 3.14. The molecule has 3 aromatic rings. The van der Waals surface area contributed by atoms with Crippen molar-refractivity contribution in [1.82, 2.24) is 9.55 Å². The van der Waals surface area contributed by atoms with Crippen molar-refractivity contribution in [3.63, 3.8) is 0 Å². The van der Waals surface area contributed by atoms with E-state index in [-0.39, 0.29) is 18.0 Å². The Balaban J connectivity index is 1.87. The lowest BCUT2D eigenvalue weighted by Gasteiger charge is -2.07. The third kappa shape index (κ3) is 3.16. The number of carbonyl (C=O) groups is 1. The van der Waals surface area contributed by atoms with Crippen molar-refractivity contribution in [3.05, 3.63) is 56.4 Å². The van der Waals surface area contributed by atoms with Gasteiger partial charge in [-0.3, -0.25) is 14.2 Å². The quantitative estimate of drug-likeness (QED) is 0.746. The minimum absolute atomic E-state index is 0.170. The highest BCUT2D eigenvalue weighted by atomic mass is 79.9. The van der Waals surface area contributed by atoms with Crippen LogP contribution >= 0.6 is 27.3 Å². The zero-order valence-electron chi connectivity index (χ0n) is 11.6. The van der Waals surface area contributed by atoms with Gasteiger partial charge in [0.2, 0.25) is 5.91 Å². The number of nitrogens with zero attached hydrogens (tertiary/aromatic N) is 3. The molecule has 2 aromatic heterocycles. The van der Waals surface area contributed by atoms with E-state index in [1.165, 1.54) is 22.2 Å². The molecule has 1 N–H and O–H groups in total. The van der Waals surface area contributed by atoms with Gasteiger partial charge in [0.25, 0.3) is 5.56 Å². The van der Waals surface area contributed by atoms with E-state index in [9.17, 15) is 9.59 Å². The van der Waals surface area contributed by atoms with Gasteiger partial charge in [-0.25, -0.2) is 4.98 Å². The fraction of sp³-hybridized carbons (Fsp3) is 0.0667. The Hall–Kier alpha value is -2.50. The summed E-state index contributed by atoms with van der Waals surface area (Å²) in [4.78, 5) is 28.7. The molecule has 0 saturated carbocycles. The SMILES string of the molecule is N#Cc1ccsc1NC(=O)Cn1cnc2ccc(Br)cc2c1=O. The Morgan fingerprint density at radius 1 is 1.43 bits per heavy atom. The van der Waals surface area contributed by atoms with Crippen LogP contribution < -0.4 is 10.9 Å². The summed E-state index contributed by atoms with van der Waals surface area (Å²) in [5, 5.41) is 14.2. The van der Waals surface area contributed by atoms with Crippen LogP contribution in [0, 0.1) is 11.3 Å². The van der Waals surface area contributed by atoms with Gasteiger partial charge >= 0.3 is 0 Å². The molecule has 0 aliphatic rings. The van der Waals surface area contributed by atoms with E-state index in [2.05, 4.69) is 26.2 Å². The molecule has 114 valence electrons. The molecule has 8 heteroatoms. The van der Waals surface area contributed by atoms with Crippen LogP contribution in [0.2, 0.25) is 0 Å². The number of nitriles is 1. The molecule has 0 aliphatic heterocycles. The molecular formula is C15H9BrN4O2S. The summed E-state index contributed by atoms with van der Waals surface area (Å²) in [6.07, 6.45) is 1.35. The van der Waals surface area contributed by atoms with E-state index in [0.29, 0.717) is 21.5 Å². The highest BCUT2D eigenvalue weighted by molar-refractivity contribution is 9.10. The van der Waals surface area contributed by atoms with E-state index >= 15 is 0 Å². The van der Waals surface area contributed by atoms with E-state index in [1.54, 1.807) is 29.6 Å². The number of fused-ring (bicyclic) bond motifs is 1. The number of benzene rings is 1. The maximum absolute atomic E-state index is 12.4. The standard InChI is InChI=1S/C15H9BrN4O2S/c16-10-1-2-12-11(5-10)15(22)20(8-18-12)7-13(21)19-14-9(6-17)3-4-23-14/h1-5,8H,7H2,(H,19,21). The Labute approximate surface area is 143 Å². The molecule has 1 aromatic carbocycles. The second-order valence-corrected chi connectivity index (χ2v) is 6.49. The summed E-state index contributed by atoms with van der Waals surface area (Å²) in [6, 6.07) is 8.83. The van der Waals surface area contributed by atoms with E-state index in [1.807, 2.05) is 6.07 Å². The van der Waals surface area contributed by atoms with Crippen LogP contribution in [-0.4, -0.2) is 15.5 Å². The van der Waals surface area contributed by atoms with Crippen LogP contribution in [0.1, 0.15) is 5.56 Å². The number of rotatable bonds is 3. The second-order valence-electron chi connectivity index (χ2n) is 4.66. The average molecular weight is 389 g/mol. The number of nitrogens with one attached hydrogen (secondary N) is 1. The van der Waals surface area contributed by atoms with Gasteiger partial charge in [0.15, 0.2) is 0 Å². The number of aromatic nitrogens is 2. The highest BCUT2D eigenvalue weighted by Crippen LogP contribution is 2.22. The maximum Gasteiger partial charge on any atom is 0.261 e. The lowest BCUT2D eigenvalue weighted by atomic mass is 10.2. The monoisotopic (exact) mass is 388 g/mol. The fourth-order valence-electron chi connectivity index (χ4n) is 2.06. The number of hydrogen-bond acceptors (Lipinski definition) is 5. The van der Waals surface area contributed by atoms with Gasteiger partial charge in [0, 0.05) is 4.47 Å². The maximum atomic E-state index is 12.4. The van der Waals surface area contributed by atoms with E-state index in [0.717, 1.165) is 4.47 Å². The topological polar surface area (TPSA) is 87.8 Å². The number of halogens is 1. The fourth-order valence-corrected chi connectivity index (χ4v) is 3.17. The largest absolute Gasteiger partial charge is 0.315 e. The van der Waals surface area contributed by atoms with Crippen LogP contribution in [0.4, 0.5) is 5.00 Å². The van der Waals surface area contributed by atoms with Crippen LogP contribution in [0.3, 0.4) is 0 Å². The molecule has 0 aliphatic carbocycles.